The number of carbonyl (C=O) groups excluding carboxylic acids is 1. The number of aromatic nitrogens is 3. The Morgan fingerprint density at radius 3 is 2.87 bits per heavy atom. The van der Waals surface area contributed by atoms with Gasteiger partial charge in [-0.25, -0.2) is 9.37 Å². The van der Waals surface area contributed by atoms with Gasteiger partial charge in [0.25, 0.3) is 5.91 Å². The Bertz CT molecular complexity index is 848. The molecule has 0 amide bonds. The zero-order valence-corrected chi connectivity index (χ0v) is 12.4. The molecule has 0 aliphatic rings. The minimum atomic E-state index is -0.556. The van der Waals surface area contributed by atoms with Crippen molar-refractivity contribution in [2.24, 2.45) is 5.92 Å². The Labute approximate surface area is 131 Å². The van der Waals surface area contributed by atoms with E-state index in [1.54, 1.807) is 19.1 Å². The van der Waals surface area contributed by atoms with Gasteiger partial charge in [0.1, 0.15) is 22.6 Å². The number of anilines is 1. The average molecular weight is 314 g/mol. The third kappa shape index (κ3) is 2.98. The molecule has 2 heterocycles. The number of para-hydroxylation sites is 1. The second-order valence-electron chi connectivity index (χ2n) is 5.18. The Morgan fingerprint density at radius 2 is 2.13 bits per heavy atom. The molecule has 0 fully saturated rings. The zero-order valence-electron chi connectivity index (χ0n) is 12.4. The standard InChI is InChI=1S/C16H15FN4O2/c1-10(9-23-12-5-3-2-4-6-12)16(22)21-13-7-11(17)8-19-14(13)15(18)20-21/h2-8,10H,9H2,1H3,(H2,18,20)/t10-/m0/s1. The van der Waals surface area contributed by atoms with Crippen LogP contribution in [0.25, 0.3) is 11.0 Å². The van der Waals surface area contributed by atoms with E-state index in [-0.39, 0.29) is 23.8 Å². The molecule has 7 heteroatoms. The van der Waals surface area contributed by atoms with Gasteiger partial charge >= 0.3 is 0 Å². The van der Waals surface area contributed by atoms with Gasteiger partial charge < -0.3 is 10.5 Å². The molecular weight excluding hydrogens is 299 g/mol. The number of halogens is 1. The third-order valence-corrected chi connectivity index (χ3v) is 3.39. The maximum absolute atomic E-state index is 13.4. The van der Waals surface area contributed by atoms with E-state index >= 15 is 0 Å². The van der Waals surface area contributed by atoms with Gasteiger partial charge in [-0.2, -0.15) is 4.68 Å². The molecular formula is C16H15FN4O2. The van der Waals surface area contributed by atoms with Crippen molar-refractivity contribution < 1.29 is 13.9 Å². The summed E-state index contributed by atoms with van der Waals surface area (Å²) in [6.07, 6.45) is 1.04. The van der Waals surface area contributed by atoms with Crippen molar-refractivity contribution in [2.75, 3.05) is 12.3 Å². The predicted molar refractivity (Wildman–Crippen MR) is 83.6 cm³/mol. The quantitative estimate of drug-likeness (QED) is 0.800. The monoisotopic (exact) mass is 314 g/mol. The average Bonchev–Trinajstić information content (AvgIpc) is 2.89. The van der Waals surface area contributed by atoms with E-state index in [9.17, 15) is 9.18 Å². The van der Waals surface area contributed by atoms with E-state index in [1.807, 2.05) is 18.2 Å². The number of hydrogen-bond acceptors (Lipinski definition) is 5. The highest BCUT2D eigenvalue weighted by Gasteiger charge is 2.21. The lowest BCUT2D eigenvalue weighted by atomic mass is 10.2. The van der Waals surface area contributed by atoms with Gasteiger partial charge in [0.15, 0.2) is 5.82 Å². The number of ether oxygens (including phenoxy) is 1. The molecule has 23 heavy (non-hydrogen) atoms. The van der Waals surface area contributed by atoms with Crippen LogP contribution >= 0.6 is 0 Å². The molecule has 0 aliphatic heterocycles. The number of rotatable bonds is 4. The lowest BCUT2D eigenvalue weighted by Gasteiger charge is -2.12. The highest BCUT2D eigenvalue weighted by Crippen LogP contribution is 2.20. The van der Waals surface area contributed by atoms with Crippen LogP contribution in [0.4, 0.5) is 10.2 Å². The van der Waals surface area contributed by atoms with Gasteiger partial charge in [-0.15, -0.1) is 5.10 Å². The molecule has 0 bridgehead atoms. The van der Waals surface area contributed by atoms with Crippen LogP contribution in [0.3, 0.4) is 0 Å². The topological polar surface area (TPSA) is 83.0 Å². The Morgan fingerprint density at radius 1 is 1.39 bits per heavy atom. The summed E-state index contributed by atoms with van der Waals surface area (Å²) in [5.74, 6) is -0.620. The van der Waals surface area contributed by atoms with Gasteiger partial charge in [0.2, 0.25) is 0 Å². The molecule has 1 atom stereocenters. The molecule has 0 radical (unpaired) electrons. The SMILES string of the molecule is C[C@@H](COc1ccccc1)C(=O)n1nc(N)c2ncc(F)cc21. The molecule has 0 spiro atoms. The van der Waals surface area contributed by atoms with Crippen LogP contribution in [-0.2, 0) is 0 Å². The highest BCUT2D eigenvalue weighted by atomic mass is 19.1. The predicted octanol–water partition coefficient (Wildman–Crippen LogP) is 2.51. The first-order valence-electron chi connectivity index (χ1n) is 7.08. The van der Waals surface area contributed by atoms with Crippen molar-refractivity contribution in [1.82, 2.24) is 14.8 Å². The van der Waals surface area contributed by atoms with E-state index in [2.05, 4.69) is 10.1 Å². The molecule has 0 saturated carbocycles. The fourth-order valence-electron chi connectivity index (χ4n) is 2.18. The van der Waals surface area contributed by atoms with Crippen molar-refractivity contribution >= 4 is 22.8 Å². The van der Waals surface area contributed by atoms with Crippen LogP contribution in [0, 0.1) is 11.7 Å². The van der Waals surface area contributed by atoms with E-state index in [0.717, 1.165) is 10.9 Å². The molecule has 6 nitrogen and oxygen atoms in total. The van der Waals surface area contributed by atoms with Crippen LogP contribution < -0.4 is 10.5 Å². The first-order chi connectivity index (χ1) is 11.1. The molecule has 0 saturated heterocycles. The smallest absolute Gasteiger partial charge is 0.253 e. The minimum absolute atomic E-state index is 0.0875. The number of benzene rings is 1. The fourth-order valence-corrected chi connectivity index (χ4v) is 2.18. The zero-order chi connectivity index (χ0) is 16.4. The molecule has 0 unspecified atom stereocenters. The van der Waals surface area contributed by atoms with Crippen LogP contribution in [0.15, 0.2) is 42.6 Å². The molecule has 2 aromatic heterocycles. The largest absolute Gasteiger partial charge is 0.493 e. The summed E-state index contributed by atoms with van der Waals surface area (Å²) in [7, 11) is 0. The van der Waals surface area contributed by atoms with E-state index < -0.39 is 11.7 Å². The normalized spacial score (nSPS) is 12.3. The lowest BCUT2D eigenvalue weighted by molar-refractivity contribution is 0.0792. The number of nitrogens with two attached hydrogens (primary N) is 1. The maximum atomic E-state index is 13.4. The molecule has 2 N–H and O–H groups in total. The Hall–Kier alpha value is -2.96. The van der Waals surface area contributed by atoms with Crippen LogP contribution in [0.2, 0.25) is 0 Å². The van der Waals surface area contributed by atoms with Crippen molar-refractivity contribution in [3.63, 3.8) is 0 Å². The summed E-state index contributed by atoms with van der Waals surface area (Å²) in [5.41, 5.74) is 6.28. The number of nitrogen functional groups attached to an aromatic ring is 1. The van der Waals surface area contributed by atoms with Gasteiger partial charge in [-0.1, -0.05) is 25.1 Å². The molecule has 1 aromatic carbocycles. The maximum Gasteiger partial charge on any atom is 0.253 e. The molecule has 3 aromatic rings. The second kappa shape index (κ2) is 6.04. The van der Waals surface area contributed by atoms with Crippen molar-refractivity contribution in [3.05, 3.63) is 48.4 Å². The van der Waals surface area contributed by atoms with E-state index in [0.29, 0.717) is 11.3 Å². The molecule has 0 aliphatic carbocycles. The number of nitrogens with zero attached hydrogens (tertiary/aromatic N) is 3. The first-order valence-corrected chi connectivity index (χ1v) is 7.08. The van der Waals surface area contributed by atoms with Gasteiger partial charge in [0, 0.05) is 6.07 Å². The van der Waals surface area contributed by atoms with Crippen molar-refractivity contribution in [2.45, 2.75) is 6.92 Å². The molecule has 118 valence electrons. The summed E-state index contributed by atoms with van der Waals surface area (Å²) >= 11 is 0. The van der Waals surface area contributed by atoms with Gasteiger partial charge in [-0.3, -0.25) is 4.79 Å². The fraction of sp³-hybridized carbons (Fsp3) is 0.188. The summed E-state index contributed by atoms with van der Waals surface area (Å²) in [6, 6.07) is 10.4. The number of carbonyl (C=O) groups is 1. The minimum Gasteiger partial charge on any atom is -0.493 e. The third-order valence-electron chi connectivity index (χ3n) is 3.39. The number of hydrogen-bond donors (Lipinski definition) is 1. The van der Waals surface area contributed by atoms with Crippen LogP contribution in [0.5, 0.6) is 5.75 Å². The summed E-state index contributed by atoms with van der Waals surface area (Å²) in [6.45, 7) is 1.88. The summed E-state index contributed by atoms with van der Waals surface area (Å²) in [4.78, 5) is 16.4. The Kier molecular flexibility index (Phi) is 3.92. The van der Waals surface area contributed by atoms with Gasteiger partial charge in [-0.05, 0) is 12.1 Å². The van der Waals surface area contributed by atoms with Gasteiger partial charge in [0.05, 0.1) is 18.7 Å². The van der Waals surface area contributed by atoms with Crippen molar-refractivity contribution in [1.29, 1.82) is 0 Å². The van der Waals surface area contributed by atoms with Crippen molar-refractivity contribution in [3.8, 4) is 5.75 Å². The second-order valence-corrected chi connectivity index (χ2v) is 5.18. The first kappa shape index (κ1) is 15.0. The van der Waals surface area contributed by atoms with E-state index in [1.165, 1.54) is 6.07 Å². The van der Waals surface area contributed by atoms with E-state index in [4.69, 9.17) is 10.5 Å². The number of fused-ring (bicyclic) bond motifs is 1. The Balaban J connectivity index is 1.81. The number of pyridine rings is 1. The molecule has 3 rings (SSSR count). The highest BCUT2D eigenvalue weighted by molar-refractivity contribution is 5.94. The van der Waals surface area contributed by atoms with Crippen LogP contribution in [-0.4, -0.2) is 27.3 Å². The lowest BCUT2D eigenvalue weighted by Crippen LogP contribution is -2.25. The summed E-state index contributed by atoms with van der Waals surface area (Å²) in [5, 5.41) is 3.97. The summed E-state index contributed by atoms with van der Waals surface area (Å²) < 4.78 is 20.0. The van der Waals surface area contributed by atoms with Crippen LogP contribution in [0.1, 0.15) is 11.7 Å².